The number of likely N-dealkylation sites (tertiary alicyclic amines) is 2. The SMILES string of the molecule is CC1CCN(C2CN(C(=O)c3ccc(=O)n4c3CCC4)C2)CC1. The molecule has 0 aliphatic carbocycles. The summed E-state index contributed by atoms with van der Waals surface area (Å²) in [5.41, 5.74) is 1.71. The Kier molecular flexibility index (Phi) is 3.76. The lowest BCUT2D eigenvalue weighted by molar-refractivity contribution is 0.0154. The van der Waals surface area contributed by atoms with Gasteiger partial charge in [0.2, 0.25) is 0 Å². The molecular weight excluding hydrogens is 290 g/mol. The Morgan fingerprint density at radius 3 is 2.61 bits per heavy atom. The molecule has 124 valence electrons. The first kappa shape index (κ1) is 14.9. The quantitative estimate of drug-likeness (QED) is 0.827. The molecule has 0 spiro atoms. The molecule has 5 heteroatoms. The average molecular weight is 315 g/mol. The van der Waals surface area contributed by atoms with Gasteiger partial charge >= 0.3 is 0 Å². The van der Waals surface area contributed by atoms with Gasteiger partial charge in [-0.1, -0.05) is 6.92 Å². The molecule has 2 saturated heterocycles. The summed E-state index contributed by atoms with van der Waals surface area (Å²) >= 11 is 0. The van der Waals surface area contributed by atoms with Crippen molar-refractivity contribution in [3.8, 4) is 0 Å². The molecule has 0 bridgehead atoms. The number of aromatic nitrogens is 1. The highest BCUT2D eigenvalue weighted by Crippen LogP contribution is 2.25. The van der Waals surface area contributed by atoms with Gasteiger partial charge < -0.3 is 9.47 Å². The van der Waals surface area contributed by atoms with Crippen molar-refractivity contribution < 1.29 is 4.79 Å². The lowest BCUT2D eigenvalue weighted by Crippen LogP contribution is -2.62. The van der Waals surface area contributed by atoms with Crippen molar-refractivity contribution in [2.75, 3.05) is 26.2 Å². The fourth-order valence-corrected chi connectivity index (χ4v) is 4.15. The summed E-state index contributed by atoms with van der Waals surface area (Å²) in [5, 5.41) is 0. The third kappa shape index (κ3) is 2.61. The number of piperidine rings is 1. The van der Waals surface area contributed by atoms with Crippen LogP contribution in [0.4, 0.5) is 0 Å². The van der Waals surface area contributed by atoms with Crippen LogP contribution in [-0.4, -0.2) is 52.5 Å². The highest BCUT2D eigenvalue weighted by atomic mass is 16.2. The number of carbonyl (C=O) groups excluding carboxylic acids is 1. The van der Waals surface area contributed by atoms with Crippen LogP contribution in [0.5, 0.6) is 0 Å². The highest BCUT2D eigenvalue weighted by Gasteiger charge is 2.37. The van der Waals surface area contributed by atoms with E-state index in [0.29, 0.717) is 6.04 Å². The summed E-state index contributed by atoms with van der Waals surface area (Å²) in [5.74, 6) is 0.951. The number of rotatable bonds is 2. The molecule has 0 unspecified atom stereocenters. The fourth-order valence-electron chi connectivity index (χ4n) is 4.15. The van der Waals surface area contributed by atoms with Gasteiger partial charge in [-0.2, -0.15) is 0 Å². The molecule has 1 amide bonds. The third-order valence-corrected chi connectivity index (χ3v) is 5.81. The van der Waals surface area contributed by atoms with Gasteiger partial charge in [0, 0.05) is 37.4 Å². The molecule has 1 aromatic heterocycles. The molecule has 0 N–H and O–H groups in total. The molecule has 2 fully saturated rings. The van der Waals surface area contributed by atoms with Crippen molar-refractivity contribution in [1.82, 2.24) is 14.4 Å². The Morgan fingerprint density at radius 2 is 1.87 bits per heavy atom. The zero-order chi connectivity index (χ0) is 16.0. The smallest absolute Gasteiger partial charge is 0.255 e. The summed E-state index contributed by atoms with van der Waals surface area (Å²) in [4.78, 5) is 29.1. The number of pyridine rings is 1. The Morgan fingerprint density at radius 1 is 1.13 bits per heavy atom. The van der Waals surface area contributed by atoms with E-state index >= 15 is 0 Å². The largest absolute Gasteiger partial charge is 0.335 e. The molecule has 3 aliphatic rings. The van der Waals surface area contributed by atoms with Crippen molar-refractivity contribution >= 4 is 5.91 Å². The molecule has 4 rings (SSSR count). The van der Waals surface area contributed by atoms with Gasteiger partial charge in [0.15, 0.2) is 0 Å². The van der Waals surface area contributed by atoms with Crippen LogP contribution in [0, 0.1) is 5.92 Å². The number of carbonyl (C=O) groups is 1. The first-order valence-corrected chi connectivity index (χ1v) is 8.89. The average Bonchev–Trinajstić information content (AvgIpc) is 2.98. The Hall–Kier alpha value is -1.62. The second-order valence-corrected chi connectivity index (χ2v) is 7.37. The highest BCUT2D eigenvalue weighted by molar-refractivity contribution is 5.96. The normalized spacial score (nSPS) is 22.9. The summed E-state index contributed by atoms with van der Waals surface area (Å²) < 4.78 is 1.77. The van der Waals surface area contributed by atoms with E-state index in [2.05, 4.69) is 11.8 Å². The molecule has 5 nitrogen and oxygen atoms in total. The number of amides is 1. The van der Waals surface area contributed by atoms with Gasteiger partial charge in [-0.05, 0) is 50.8 Å². The van der Waals surface area contributed by atoms with Crippen molar-refractivity contribution in [2.45, 2.75) is 45.2 Å². The Balaban J connectivity index is 1.42. The monoisotopic (exact) mass is 315 g/mol. The second kappa shape index (κ2) is 5.78. The van der Waals surface area contributed by atoms with Gasteiger partial charge in [0.25, 0.3) is 11.5 Å². The van der Waals surface area contributed by atoms with Crippen molar-refractivity contribution in [3.05, 3.63) is 33.7 Å². The first-order valence-electron chi connectivity index (χ1n) is 8.89. The minimum absolute atomic E-state index is 0.0259. The minimum Gasteiger partial charge on any atom is -0.335 e. The molecule has 3 aliphatic heterocycles. The lowest BCUT2D eigenvalue weighted by Gasteiger charge is -2.47. The van der Waals surface area contributed by atoms with E-state index in [1.165, 1.54) is 25.9 Å². The zero-order valence-corrected chi connectivity index (χ0v) is 13.8. The Labute approximate surface area is 136 Å². The second-order valence-electron chi connectivity index (χ2n) is 7.37. The van der Waals surface area contributed by atoms with Gasteiger partial charge in [0.05, 0.1) is 5.56 Å². The summed E-state index contributed by atoms with van der Waals surface area (Å²) in [6.45, 7) is 7.10. The lowest BCUT2D eigenvalue weighted by atomic mass is 9.95. The van der Waals surface area contributed by atoms with Crippen molar-refractivity contribution in [2.24, 2.45) is 5.92 Å². The molecule has 0 atom stereocenters. The Bertz CT molecular complexity index is 667. The number of hydrogen-bond acceptors (Lipinski definition) is 3. The minimum atomic E-state index is 0.0259. The predicted octanol–water partition coefficient (Wildman–Crippen LogP) is 1.35. The molecule has 23 heavy (non-hydrogen) atoms. The maximum atomic E-state index is 12.8. The van der Waals surface area contributed by atoms with Crippen LogP contribution < -0.4 is 5.56 Å². The molecule has 0 aromatic carbocycles. The maximum absolute atomic E-state index is 12.8. The van der Waals surface area contributed by atoms with Crippen molar-refractivity contribution in [3.63, 3.8) is 0 Å². The summed E-state index contributed by atoms with van der Waals surface area (Å²) in [7, 11) is 0. The van der Waals surface area contributed by atoms with E-state index in [0.717, 1.165) is 49.7 Å². The van der Waals surface area contributed by atoms with Crippen LogP contribution in [0.25, 0.3) is 0 Å². The zero-order valence-electron chi connectivity index (χ0n) is 13.8. The fraction of sp³-hybridized carbons (Fsp3) is 0.667. The topological polar surface area (TPSA) is 45.6 Å². The van der Waals surface area contributed by atoms with Gasteiger partial charge in [-0.15, -0.1) is 0 Å². The third-order valence-electron chi connectivity index (χ3n) is 5.81. The van der Waals surface area contributed by atoms with Crippen LogP contribution in [0.1, 0.15) is 42.2 Å². The first-order chi connectivity index (χ1) is 11.1. The van der Waals surface area contributed by atoms with Crippen LogP contribution in [0.2, 0.25) is 0 Å². The van der Waals surface area contributed by atoms with Gasteiger partial charge in [0.1, 0.15) is 0 Å². The molecule has 0 saturated carbocycles. The van der Waals surface area contributed by atoms with Gasteiger partial charge in [-0.3, -0.25) is 14.5 Å². The summed E-state index contributed by atoms with van der Waals surface area (Å²) in [6.07, 6.45) is 4.37. The summed E-state index contributed by atoms with van der Waals surface area (Å²) in [6, 6.07) is 3.81. The van der Waals surface area contributed by atoms with Crippen LogP contribution >= 0.6 is 0 Å². The number of fused-ring (bicyclic) bond motifs is 1. The maximum Gasteiger partial charge on any atom is 0.255 e. The van der Waals surface area contributed by atoms with Crippen molar-refractivity contribution in [1.29, 1.82) is 0 Å². The van der Waals surface area contributed by atoms with Crippen LogP contribution in [-0.2, 0) is 13.0 Å². The van der Waals surface area contributed by atoms with Crippen LogP contribution in [0.15, 0.2) is 16.9 Å². The molecule has 1 aromatic rings. The standard InChI is InChI=1S/C18H25N3O2/c1-13-6-9-19(10-7-13)14-11-20(12-14)18(23)15-4-5-17(22)21-8-2-3-16(15)21/h4-5,13-14H,2-3,6-12H2,1H3. The van der Waals surface area contributed by atoms with Gasteiger partial charge in [-0.25, -0.2) is 0 Å². The van der Waals surface area contributed by atoms with E-state index in [-0.39, 0.29) is 11.5 Å². The van der Waals surface area contributed by atoms with E-state index in [1.807, 2.05) is 4.90 Å². The van der Waals surface area contributed by atoms with E-state index in [9.17, 15) is 9.59 Å². The molecule has 4 heterocycles. The molecular formula is C18H25N3O2. The van der Waals surface area contributed by atoms with Crippen LogP contribution in [0.3, 0.4) is 0 Å². The number of nitrogens with zero attached hydrogens (tertiary/aromatic N) is 3. The van der Waals surface area contributed by atoms with E-state index < -0.39 is 0 Å². The van der Waals surface area contributed by atoms with E-state index in [4.69, 9.17) is 0 Å². The van der Waals surface area contributed by atoms with E-state index in [1.54, 1.807) is 16.7 Å². The molecule has 0 radical (unpaired) electrons. The predicted molar refractivity (Wildman–Crippen MR) is 88.7 cm³/mol. The number of hydrogen-bond donors (Lipinski definition) is 0.